The average molecular weight is 383 g/mol. The van der Waals surface area contributed by atoms with E-state index in [9.17, 15) is 9.59 Å². The van der Waals surface area contributed by atoms with Gasteiger partial charge in [-0.3, -0.25) is 4.79 Å². The van der Waals surface area contributed by atoms with Crippen molar-refractivity contribution in [1.82, 2.24) is 5.32 Å². The highest BCUT2D eigenvalue weighted by Gasteiger charge is 2.43. The Hall–Kier alpha value is -2.56. The van der Waals surface area contributed by atoms with Crippen molar-refractivity contribution in [2.45, 2.75) is 53.4 Å². The van der Waals surface area contributed by atoms with E-state index in [4.69, 9.17) is 9.47 Å². The fraction of sp³-hybridized carbons (Fsp3) is 0.478. The first-order valence-electron chi connectivity index (χ1n) is 9.92. The molecule has 0 amide bonds. The lowest BCUT2D eigenvalue weighted by Crippen LogP contribution is -2.38. The Morgan fingerprint density at radius 3 is 2.57 bits per heavy atom. The summed E-state index contributed by atoms with van der Waals surface area (Å²) in [5, 5.41) is 3.34. The van der Waals surface area contributed by atoms with Crippen LogP contribution in [0.25, 0.3) is 0 Å². The lowest BCUT2D eigenvalue weighted by atomic mass is 9.68. The molecule has 0 aromatic heterocycles. The summed E-state index contributed by atoms with van der Waals surface area (Å²) >= 11 is 0. The van der Waals surface area contributed by atoms with Crippen LogP contribution in [0.1, 0.15) is 58.9 Å². The van der Waals surface area contributed by atoms with E-state index >= 15 is 0 Å². The maximum Gasteiger partial charge on any atom is 0.336 e. The molecule has 0 fully saturated rings. The fourth-order valence-corrected chi connectivity index (χ4v) is 4.23. The van der Waals surface area contributed by atoms with E-state index in [0.29, 0.717) is 29.9 Å². The van der Waals surface area contributed by atoms with Crippen molar-refractivity contribution in [2.24, 2.45) is 5.41 Å². The monoisotopic (exact) mass is 383 g/mol. The molecule has 1 aromatic carbocycles. The van der Waals surface area contributed by atoms with E-state index in [1.165, 1.54) is 0 Å². The maximum absolute atomic E-state index is 13.2. The summed E-state index contributed by atoms with van der Waals surface area (Å²) in [6.07, 6.45) is 1.21. The number of carbonyl (C=O) groups excluding carboxylic acids is 2. The van der Waals surface area contributed by atoms with Crippen LogP contribution >= 0.6 is 0 Å². The Balaban J connectivity index is 2.21. The van der Waals surface area contributed by atoms with E-state index in [2.05, 4.69) is 19.2 Å². The van der Waals surface area contributed by atoms with Crippen molar-refractivity contribution >= 4 is 11.8 Å². The van der Waals surface area contributed by atoms with Gasteiger partial charge in [0.15, 0.2) is 5.78 Å². The normalized spacial score (nSPS) is 21.2. The Kier molecular flexibility index (Phi) is 5.64. The molecule has 0 radical (unpaired) electrons. The van der Waals surface area contributed by atoms with Gasteiger partial charge in [0.1, 0.15) is 5.75 Å². The third-order valence-corrected chi connectivity index (χ3v) is 5.26. The van der Waals surface area contributed by atoms with Gasteiger partial charge < -0.3 is 14.8 Å². The minimum absolute atomic E-state index is 0.0735. The Labute approximate surface area is 166 Å². The highest BCUT2D eigenvalue weighted by atomic mass is 16.5. The molecule has 5 heteroatoms. The predicted octanol–water partition coefficient (Wildman–Crippen LogP) is 4.25. The molecule has 1 N–H and O–H groups in total. The van der Waals surface area contributed by atoms with Gasteiger partial charge in [-0.2, -0.15) is 0 Å². The molecule has 0 saturated heterocycles. The minimum Gasteiger partial charge on any atom is -0.494 e. The molecule has 2 aliphatic rings. The summed E-state index contributed by atoms with van der Waals surface area (Å²) in [5.74, 6) is -0.116. The molecule has 28 heavy (non-hydrogen) atoms. The van der Waals surface area contributed by atoms with Crippen LogP contribution < -0.4 is 10.1 Å². The van der Waals surface area contributed by atoms with Gasteiger partial charge in [0.25, 0.3) is 0 Å². The number of hydrogen-bond acceptors (Lipinski definition) is 5. The van der Waals surface area contributed by atoms with Crippen molar-refractivity contribution in [3.63, 3.8) is 0 Å². The van der Waals surface area contributed by atoms with E-state index in [0.717, 1.165) is 23.4 Å². The van der Waals surface area contributed by atoms with Gasteiger partial charge in [-0.1, -0.05) is 32.0 Å². The molecular weight excluding hydrogens is 354 g/mol. The SMILES string of the molecule is CCOC(=O)C1=C(C)NC2=C(C(=O)CC(C)(C)C2)[C@@H]1c1ccccc1OCC. The lowest BCUT2D eigenvalue weighted by molar-refractivity contribution is -0.138. The van der Waals surface area contributed by atoms with Crippen LogP contribution in [-0.2, 0) is 14.3 Å². The third-order valence-electron chi connectivity index (χ3n) is 5.26. The van der Waals surface area contributed by atoms with Gasteiger partial charge in [-0.25, -0.2) is 4.79 Å². The molecule has 1 aromatic rings. The molecule has 1 heterocycles. The standard InChI is InChI=1S/C23H29NO4/c1-6-27-18-11-9-8-10-15(18)20-19(22(26)28-7-2)14(3)24-16-12-23(4,5)13-17(25)21(16)20/h8-11,20,24H,6-7,12-13H2,1-5H3/t20-/m1/s1. The second kappa shape index (κ2) is 7.82. The average Bonchev–Trinajstić information content (AvgIpc) is 2.60. The van der Waals surface area contributed by atoms with E-state index < -0.39 is 11.9 Å². The molecular formula is C23H29NO4. The summed E-state index contributed by atoms with van der Waals surface area (Å²) < 4.78 is 11.2. The number of rotatable bonds is 5. The van der Waals surface area contributed by atoms with Crippen LogP contribution in [0.15, 0.2) is 46.8 Å². The largest absolute Gasteiger partial charge is 0.494 e. The molecule has 1 aliphatic carbocycles. The number of Topliss-reactive ketones (excluding diaryl/α,β-unsaturated/α-hetero) is 1. The zero-order chi connectivity index (χ0) is 20.5. The Bertz CT molecular complexity index is 863. The summed E-state index contributed by atoms with van der Waals surface area (Å²) in [7, 11) is 0. The third kappa shape index (κ3) is 3.71. The van der Waals surface area contributed by atoms with E-state index in [1.807, 2.05) is 38.1 Å². The first kappa shape index (κ1) is 20.2. The van der Waals surface area contributed by atoms with Gasteiger partial charge in [0.2, 0.25) is 0 Å². The molecule has 5 nitrogen and oxygen atoms in total. The topological polar surface area (TPSA) is 64.6 Å². The molecule has 0 spiro atoms. The van der Waals surface area contributed by atoms with Gasteiger partial charge in [-0.05, 0) is 38.7 Å². The number of ketones is 1. The van der Waals surface area contributed by atoms with Gasteiger partial charge >= 0.3 is 5.97 Å². The Morgan fingerprint density at radius 1 is 1.18 bits per heavy atom. The number of esters is 1. The zero-order valence-corrected chi connectivity index (χ0v) is 17.3. The summed E-state index contributed by atoms with van der Waals surface area (Å²) in [4.78, 5) is 26.1. The van der Waals surface area contributed by atoms with Crippen molar-refractivity contribution in [1.29, 1.82) is 0 Å². The maximum atomic E-state index is 13.2. The van der Waals surface area contributed by atoms with Crippen LogP contribution in [0.5, 0.6) is 5.75 Å². The number of dihydropyridines is 1. The molecule has 1 aliphatic heterocycles. The quantitative estimate of drug-likeness (QED) is 0.770. The van der Waals surface area contributed by atoms with E-state index in [1.54, 1.807) is 6.92 Å². The Morgan fingerprint density at radius 2 is 1.89 bits per heavy atom. The van der Waals surface area contributed by atoms with Crippen LogP contribution in [0.4, 0.5) is 0 Å². The second-order valence-electron chi connectivity index (χ2n) is 8.12. The molecule has 150 valence electrons. The van der Waals surface area contributed by atoms with Crippen LogP contribution in [0.3, 0.4) is 0 Å². The molecule has 0 bridgehead atoms. The highest BCUT2D eigenvalue weighted by Crippen LogP contribution is 2.48. The van der Waals surface area contributed by atoms with Gasteiger partial charge in [0, 0.05) is 29.0 Å². The van der Waals surface area contributed by atoms with Crippen LogP contribution in [0.2, 0.25) is 0 Å². The van der Waals surface area contributed by atoms with Crippen molar-refractivity contribution in [3.05, 3.63) is 52.4 Å². The highest BCUT2D eigenvalue weighted by molar-refractivity contribution is 6.04. The number of para-hydroxylation sites is 1. The van der Waals surface area contributed by atoms with Crippen molar-refractivity contribution in [3.8, 4) is 5.75 Å². The minimum atomic E-state index is -0.485. The van der Waals surface area contributed by atoms with Crippen molar-refractivity contribution < 1.29 is 19.1 Å². The van der Waals surface area contributed by atoms with Gasteiger partial charge in [-0.15, -0.1) is 0 Å². The van der Waals surface area contributed by atoms with Gasteiger partial charge in [0.05, 0.1) is 24.7 Å². The second-order valence-corrected chi connectivity index (χ2v) is 8.12. The van der Waals surface area contributed by atoms with Crippen LogP contribution in [-0.4, -0.2) is 25.0 Å². The first-order chi connectivity index (χ1) is 13.3. The van der Waals surface area contributed by atoms with Crippen molar-refractivity contribution in [2.75, 3.05) is 13.2 Å². The molecule has 1 atom stereocenters. The first-order valence-corrected chi connectivity index (χ1v) is 9.92. The number of nitrogens with one attached hydrogen (secondary N) is 1. The summed E-state index contributed by atoms with van der Waals surface area (Å²) in [6, 6.07) is 7.63. The number of ether oxygens (including phenoxy) is 2. The summed E-state index contributed by atoms with van der Waals surface area (Å²) in [6.45, 7) is 10.6. The zero-order valence-electron chi connectivity index (χ0n) is 17.3. The predicted molar refractivity (Wildman–Crippen MR) is 108 cm³/mol. The smallest absolute Gasteiger partial charge is 0.336 e. The number of carbonyl (C=O) groups is 2. The van der Waals surface area contributed by atoms with Crippen LogP contribution in [0, 0.1) is 5.41 Å². The lowest BCUT2D eigenvalue weighted by Gasteiger charge is -2.39. The number of hydrogen-bond donors (Lipinski definition) is 1. The fourth-order valence-electron chi connectivity index (χ4n) is 4.23. The number of benzene rings is 1. The van der Waals surface area contributed by atoms with E-state index in [-0.39, 0.29) is 17.8 Å². The molecule has 0 saturated carbocycles. The summed E-state index contributed by atoms with van der Waals surface area (Å²) in [5.41, 5.74) is 3.51. The molecule has 3 rings (SSSR count). The molecule has 0 unspecified atom stereocenters. The number of allylic oxidation sites excluding steroid dienone is 3.